The van der Waals surface area contributed by atoms with E-state index < -0.39 is 0 Å². The van der Waals surface area contributed by atoms with E-state index in [2.05, 4.69) is 38.1 Å². The molecule has 0 bridgehead atoms. The van der Waals surface area contributed by atoms with Gasteiger partial charge in [0, 0.05) is 11.6 Å². The van der Waals surface area contributed by atoms with Gasteiger partial charge in [-0.2, -0.15) is 0 Å². The van der Waals surface area contributed by atoms with Crippen molar-refractivity contribution in [2.75, 3.05) is 20.6 Å². The van der Waals surface area contributed by atoms with Gasteiger partial charge in [0.2, 0.25) is 0 Å². The van der Waals surface area contributed by atoms with E-state index in [0.29, 0.717) is 0 Å². The molecule has 0 saturated heterocycles. The third-order valence-electron chi connectivity index (χ3n) is 2.04. The quantitative estimate of drug-likeness (QED) is 0.658. The van der Waals surface area contributed by atoms with Crippen molar-refractivity contribution in [1.29, 1.82) is 0 Å². The van der Waals surface area contributed by atoms with Gasteiger partial charge in [-0.15, -0.1) is 0 Å². The van der Waals surface area contributed by atoms with Crippen molar-refractivity contribution in [1.82, 2.24) is 4.90 Å². The average Bonchev–Trinajstić information content (AvgIpc) is 2.14. The summed E-state index contributed by atoms with van der Waals surface area (Å²) in [5.41, 5.74) is 2.64. The van der Waals surface area contributed by atoms with Crippen molar-refractivity contribution in [2.45, 2.75) is 13.3 Å². The Hall–Kier alpha value is -0.530. The second kappa shape index (κ2) is 4.64. The predicted molar refractivity (Wildman–Crippen MR) is 58.9 cm³/mol. The zero-order chi connectivity index (χ0) is 9.84. The van der Waals surface area contributed by atoms with Crippen molar-refractivity contribution in [3.05, 3.63) is 34.4 Å². The minimum Gasteiger partial charge on any atom is -0.305 e. The van der Waals surface area contributed by atoms with Crippen LogP contribution in [0, 0.1) is 0 Å². The number of halogens is 1. The molecular formula is C11H16ClN. The fraction of sp³-hybridized carbons (Fsp3) is 0.455. The lowest BCUT2D eigenvalue weighted by Crippen LogP contribution is -2.15. The van der Waals surface area contributed by atoms with Crippen molar-refractivity contribution in [3.63, 3.8) is 0 Å². The van der Waals surface area contributed by atoms with Gasteiger partial charge in [-0.25, -0.2) is 0 Å². The summed E-state index contributed by atoms with van der Waals surface area (Å²) in [6.07, 6.45) is 7.25. The molecule has 0 amide bonds. The van der Waals surface area contributed by atoms with Crippen LogP contribution in [-0.2, 0) is 0 Å². The number of likely N-dealkylation sites (N-methyl/N-ethyl adjacent to an activating group) is 1. The summed E-state index contributed by atoms with van der Waals surface area (Å²) in [6.45, 7) is 3.09. The fourth-order valence-electron chi connectivity index (χ4n) is 1.33. The number of hydrogen-bond acceptors (Lipinski definition) is 1. The Kier molecular flexibility index (Phi) is 3.76. The number of hydrogen-bond donors (Lipinski definition) is 0. The molecule has 2 heteroatoms. The van der Waals surface area contributed by atoms with Gasteiger partial charge in [0.05, 0.1) is 0 Å². The molecule has 1 nitrogen and oxygen atoms in total. The Morgan fingerprint density at radius 3 is 2.69 bits per heavy atom. The molecule has 0 aromatic rings. The van der Waals surface area contributed by atoms with Crippen LogP contribution >= 0.6 is 11.6 Å². The number of rotatable bonds is 2. The van der Waals surface area contributed by atoms with Crippen LogP contribution in [0.4, 0.5) is 0 Å². The van der Waals surface area contributed by atoms with Crippen LogP contribution in [-0.4, -0.2) is 25.5 Å². The summed E-state index contributed by atoms with van der Waals surface area (Å²) in [5.74, 6) is 0. The van der Waals surface area contributed by atoms with Crippen LogP contribution < -0.4 is 0 Å². The Morgan fingerprint density at radius 2 is 2.08 bits per heavy atom. The Labute approximate surface area is 85.4 Å². The van der Waals surface area contributed by atoms with Gasteiger partial charge >= 0.3 is 0 Å². The van der Waals surface area contributed by atoms with E-state index >= 15 is 0 Å². The summed E-state index contributed by atoms with van der Waals surface area (Å²) in [7, 11) is 4.13. The van der Waals surface area contributed by atoms with E-state index in [0.717, 1.165) is 18.0 Å². The van der Waals surface area contributed by atoms with E-state index in [-0.39, 0.29) is 0 Å². The highest BCUT2D eigenvalue weighted by Gasteiger charge is 2.04. The maximum Gasteiger partial charge on any atom is 0.0372 e. The molecule has 72 valence electrons. The van der Waals surface area contributed by atoms with Gasteiger partial charge in [-0.1, -0.05) is 29.3 Å². The summed E-state index contributed by atoms with van der Waals surface area (Å²) >= 11 is 6.00. The highest BCUT2D eigenvalue weighted by Crippen LogP contribution is 2.20. The van der Waals surface area contributed by atoms with Crippen molar-refractivity contribution in [3.8, 4) is 0 Å². The number of allylic oxidation sites excluding steroid dienone is 4. The highest BCUT2D eigenvalue weighted by atomic mass is 35.5. The SMILES string of the molecule is CC1=CCC=C(Cl)C=C1CN(C)C. The molecular weight excluding hydrogens is 182 g/mol. The molecule has 13 heavy (non-hydrogen) atoms. The van der Waals surface area contributed by atoms with Gasteiger partial charge < -0.3 is 4.90 Å². The molecule has 0 aliphatic heterocycles. The standard InChI is InChI=1S/C11H16ClN/c1-9-5-4-6-11(12)7-10(9)8-13(2)3/h5-7H,4,8H2,1-3H3. The van der Waals surface area contributed by atoms with E-state index in [1.54, 1.807) is 0 Å². The predicted octanol–water partition coefficient (Wildman–Crippen LogP) is 2.95. The lowest BCUT2D eigenvalue weighted by atomic mass is 10.1. The molecule has 0 aromatic heterocycles. The zero-order valence-electron chi connectivity index (χ0n) is 8.47. The zero-order valence-corrected chi connectivity index (χ0v) is 9.23. The molecule has 0 fully saturated rings. The minimum atomic E-state index is 0.852. The molecule has 0 saturated carbocycles. The lowest BCUT2D eigenvalue weighted by Gasteiger charge is -2.13. The van der Waals surface area contributed by atoms with Crippen LogP contribution in [0.3, 0.4) is 0 Å². The molecule has 1 rings (SSSR count). The Bertz CT molecular complexity index is 272. The summed E-state index contributed by atoms with van der Waals surface area (Å²) in [6, 6.07) is 0. The van der Waals surface area contributed by atoms with Crippen molar-refractivity contribution >= 4 is 11.6 Å². The first-order chi connectivity index (χ1) is 6.09. The molecule has 0 aromatic carbocycles. The van der Waals surface area contributed by atoms with Crippen LogP contribution in [0.15, 0.2) is 34.4 Å². The van der Waals surface area contributed by atoms with E-state index in [4.69, 9.17) is 11.6 Å². The molecule has 0 spiro atoms. The highest BCUT2D eigenvalue weighted by molar-refractivity contribution is 6.31. The van der Waals surface area contributed by atoms with E-state index in [1.165, 1.54) is 11.1 Å². The number of nitrogens with zero attached hydrogens (tertiary/aromatic N) is 1. The lowest BCUT2D eigenvalue weighted by molar-refractivity contribution is 0.447. The third-order valence-corrected chi connectivity index (χ3v) is 2.31. The molecule has 1 aliphatic carbocycles. The minimum absolute atomic E-state index is 0.852. The molecule has 0 radical (unpaired) electrons. The molecule has 0 N–H and O–H groups in total. The Balaban J connectivity index is 2.83. The molecule has 1 aliphatic rings. The van der Waals surface area contributed by atoms with Gasteiger partial charge in [0.1, 0.15) is 0 Å². The molecule has 0 unspecified atom stereocenters. The smallest absolute Gasteiger partial charge is 0.0372 e. The first kappa shape index (κ1) is 10.6. The topological polar surface area (TPSA) is 3.24 Å². The second-order valence-corrected chi connectivity index (χ2v) is 4.06. The first-order valence-electron chi connectivity index (χ1n) is 4.47. The van der Waals surface area contributed by atoms with Gasteiger partial charge in [0.25, 0.3) is 0 Å². The monoisotopic (exact) mass is 197 g/mol. The average molecular weight is 198 g/mol. The van der Waals surface area contributed by atoms with Gasteiger partial charge in [0.15, 0.2) is 0 Å². The molecule has 0 atom stereocenters. The van der Waals surface area contributed by atoms with E-state index in [9.17, 15) is 0 Å². The van der Waals surface area contributed by atoms with Crippen LogP contribution in [0.2, 0.25) is 0 Å². The summed E-state index contributed by atoms with van der Waals surface area (Å²) in [5, 5.41) is 0.852. The van der Waals surface area contributed by atoms with Crippen LogP contribution in [0.1, 0.15) is 13.3 Å². The summed E-state index contributed by atoms with van der Waals surface area (Å²) in [4.78, 5) is 2.15. The maximum atomic E-state index is 6.00. The first-order valence-corrected chi connectivity index (χ1v) is 4.85. The second-order valence-electron chi connectivity index (χ2n) is 3.62. The van der Waals surface area contributed by atoms with Gasteiger partial charge in [-0.3, -0.25) is 0 Å². The van der Waals surface area contributed by atoms with Crippen molar-refractivity contribution < 1.29 is 0 Å². The van der Waals surface area contributed by atoms with Crippen LogP contribution in [0.5, 0.6) is 0 Å². The normalized spacial score (nSPS) is 17.8. The van der Waals surface area contributed by atoms with E-state index in [1.807, 2.05) is 6.08 Å². The van der Waals surface area contributed by atoms with Gasteiger partial charge in [-0.05, 0) is 39.1 Å². The molecule has 0 heterocycles. The van der Waals surface area contributed by atoms with Crippen LogP contribution in [0.25, 0.3) is 0 Å². The fourth-order valence-corrected chi connectivity index (χ4v) is 1.55. The van der Waals surface area contributed by atoms with Crippen molar-refractivity contribution in [2.24, 2.45) is 0 Å². The maximum absolute atomic E-state index is 6.00. The third kappa shape index (κ3) is 3.37. The Morgan fingerprint density at radius 1 is 1.38 bits per heavy atom. The summed E-state index contributed by atoms with van der Waals surface area (Å²) < 4.78 is 0. The largest absolute Gasteiger partial charge is 0.305 e.